The zero-order valence-corrected chi connectivity index (χ0v) is 10.0. The average Bonchev–Trinajstić information content (AvgIpc) is 2.37. The number of hydrogen-bond donors (Lipinski definition) is 1. The first kappa shape index (κ1) is 11.2. The lowest BCUT2D eigenvalue weighted by Gasteiger charge is -2.26. The lowest BCUT2D eigenvalue weighted by Crippen LogP contribution is -2.43. The summed E-state index contributed by atoms with van der Waals surface area (Å²) in [5.74, 6) is 3.06. The molecule has 0 atom stereocenters. The van der Waals surface area contributed by atoms with Crippen LogP contribution in [0.5, 0.6) is 11.5 Å². The van der Waals surface area contributed by atoms with E-state index in [1.54, 1.807) is 12.4 Å². The van der Waals surface area contributed by atoms with Crippen molar-refractivity contribution in [2.45, 2.75) is 6.42 Å². The number of para-hydroxylation sites is 1. The third-order valence-corrected chi connectivity index (χ3v) is 3.00. The average molecular weight is 241 g/mol. The van der Waals surface area contributed by atoms with Crippen molar-refractivity contribution in [2.75, 3.05) is 13.1 Å². The van der Waals surface area contributed by atoms with Crippen LogP contribution < -0.4 is 10.1 Å². The zero-order valence-electron chi connectivity index (χ0n) is 10.0. The van der Waals surface area contributed by atoms with Gasteiger partial charge in [-0.3, -0.25) is 0 Å². The number of rotatable bonds is 4. The van der Waals surface area contributed by atoms with Crippen molar-refractivity contribution in [1.29, 1.82) is 0 Å². The molecule has 0 radical (unpaired) electrons. The Hall–Kier alpha value is -1.94. The van der Waals surface area contributed by atoms with E-state index in [4.69, 9.17) is 4.74 Å². The molecule has 1 aromatic heterocycles. The number of aromatic nitrogens is 2. The summed E-state index contributed by atoms with van der Waals surface area (Å²) in [6.07, 6.45) is 4.42. The van der Waals surface area contributed by atoms with Gasteiger partial charge >= 0.3 is 0 Å². The van der Waals surface area contributed by atoms with Gasteiger partial charge < -0.3 is 10.1 Å². The van der Waals surface area contributed by atoms with E-state index in [-0.39, 0.29) is 0 Å². The zero-order chi connectivity index (χ0) is 12.2. The standard InChI is InChI=1S/C14H15N3O/c1-2-4-12(5-3-1)18-13-9-16-14(17-10-13)6-11-7-15-8-11/h1-5,9-11,15H,6-8H2. The van der Waals surface area contributed by atoms with Gasteiger partial charge in [0, 0.05) is 6.42 Å². The van der Waals surface area contributed by atoms with Crippen LogP contribution in [0.4, 0.5) is 0 Å². The molecule has 0 unspecified atom stereocenters. The van der Waals surface area contributed by atoms with Gasteiger partial charge in [-0.2, -0.15) is 0 Å². The van der Waals surface area contributed by atoms with Crippen LogP contribution in [-0.4, -0.2) is 23.1 Å². The lowest BCUT2D eigenvalue weighted by atomic mass is 9.99. The van der Waals surface area contributed by atoms with Gasteiger partial charge in [-0.25, -0.2) is 9.97 Å². The van der Waals surface area contributed by atoms with E-state index in [0.717, 1.165) is 31.1 Å². The molecule has 1 fully saturated rings. The molecule has 1 aliphatic heterocycles. The molecular formula is C14H15N3O. The van der Waals surface area contributed by atoms with Crippen LogP contribution in [-0.2, 0) is 6.42 Å². The van der Waals surface area contributed by atoms with Crippen molar-refractivity contribution in [1.82, 2.24) is 15.3 Å². The highest BCUT2D eigenvalue weighted by atomic mass is 16.5. The van der Waals surface area contributed by atoms with Crippen molar-refractivity contribution in [3.63, 3.8) is 0 Å². The van der Waals surface area contributed by atoms with Crippen molar-refractivity contribution in [3.8, 4) is 11.5 Å². The van der Waals surface area contributed by atoms with Crippen molar-refractivity contribution in [2.24, 2.45) is 5.92 Å². The Balaban J connectivity index is 1.63. The number of hydrogen-bond acceptors (Lipinski definition) is 4. The van der Waals surface area contributed by atoms with Crippen LogP contribution in [0.2, 0.25) is 0 Å². The molecule has 1 aliphatic rings. The maximum Gasteiger partial charge on any atom is 0.164 e. The van der Waals surface area contributed by atoms with Gasteiger partial charge in [0.2, 0.25) is 0 Å². The predicted molar refractivity (Wildman–Crippen MR) is 68.6 cm³/mol. The Morgan fingerprint density at radius 1 is 1.06 bits per heavy atom. The largest absolute Gasteiger partial charge is 0.454 e. The summed E-state index contributed by atoms with van der Waals surface area (Å²) in [6, 6.07) is 9.66. The molecule has 0 aliphatic carbocycles. The molecule has 92 valence electrons. The first-order chi connectivity index (χ1) is 8.90. The third-order valence-electron chi connectivity index (χ3n) is 3.00. The van der Waals surface area contributed by atoms with E-state index >= 15 is 0 Å². The Morgan fingerprint density at radius 2 is 1.78 bits per heavy atom. The lowest BCUT2D eigenvalue weighted by molar-refractivity contribution is 0.340. The van der Waals surface area contributed by atoms with Crippen LogP contribution >= 0.6 is 0 Å². The highest BCUT2D eigenvalue weighted by Gasteiger charge is 2.18. The Bertz CT molecular complexity index is 494. The maximum absolute atomic E-state index is 5.64. The van der Waals surface area contributed by atoms with Gasteiger partial charge in [0.1, 0.15) is 11.6 Å². The van der Waals surface area contributed by atoms with Crippen molar-refractivity contribution in [3.05, 3.63) is 48.5 Å². The second-order valence-corrected chi connectivity index (χ2v) is 4.48. The second-order valence-electron chi connectivity index (χ2n) is 4.48. The van der Waals surface area contributed by atoms with E-state index in [9.17, 15) is 0 Å². The normalized spacial score (nSPS) is 15.1. The molecule has 0 amide bonds. The van der Waals surface area contributed by atoms with E-state index in [2.05, 4.69) is 15.3 Å². The number of ether oxygens (including phenoxy) is 1. The summed E-state index contributed by atoms with van der Waals surface area (Å²) in [7, 11) is 0. The highest BCUT2D eigenvalue weighted by molar-refractivity contribution is 5.27. The minimum absolute atomic E-state index is 0.677. The van der Waals surface area contributed by atoms with Crippen LogP contribution in [0.15, 0.2) is 42.7 Å². The monoisotopic (exact) mass is 241 g/mol. The molecule has 4 heteroatoms. The van der Waals surface area contributed by atoms with Gasteiger partial charge in [0.25, 0.3) is 0 Å². The minimum Gasteiger partial charge on any atom is -0.454 e. The fourth-order valence-electron chi connectivity index (χ4n) is 1.88. The van der Waals surface area contributed by atoms with Crippen molar-refractivity contribution < 1.29 is 4.74 Å². The molecule has 2 aromatic rings. The van der Waals surface area contributed by atoms with Crippen LogP contribution in [0.3, 0.4) is 0 Å². The molecule has 3 rings (SSSR count). The molecule has 0 spiro atoms. The Morgan fingerprint density at radius 3 is 2.39 bits per heavy atom. The van der Waals surface area contributed by atoms with Gasteiger partial charge in [0.05, 0.1) is 12.4 Å². The fourth-order valence-corrected chi connectivity index (χ4v) is 1.88. The summed E-state index contributed by atoms with van der Waals surface area (Å²) in [5.41, 5.74) is 0. The molecule has 0 saturated carbocycles. The summed E-state index contributed by atoms with van der Waals surface area (Å²) in [4.78, 5) is 8.67. The quantitative estimate of drug-likeness (QED) is 0.889. The molecule has 18 heavy (non-hydrogen) atoms. The summed E-state index contributed by atoms with van der Waals surface area (Å²) in [6.45, 7) is 2.15. The minimum atomic E-state index is 0.677. The molecule has 1 N–H and O–H groups in total. The van der Waals surface area contributed by atoms with Crippen LogP contribution in [0.1, 0.15) is 5.82 Å². The van der Waals surface area contributed by atoms with Gasteiger partial charge in [0.15, 0.2) is 5.75 Å². The SMILES string of the molecule is c1ccc(Oc2cnc(CC3CNC3)nc2)cc1. The first-order valence-corrected chi connectivity index (χ1v) is 6.15. The first-order valence-electron chi connectivity index (χ1n) is 6.15. The number of nitrogens with zero attached hydrogens (tertiary/aromatic N) is 2. The molecule has 0 bridgehead atoms. The molecule has 4 nitrogen and oxygen atoms in total. The van der Waals surface area contributed by atoms with Crippen LogP contribution in [0, 0.1) is 5.92 Å². The summed E-state index contributed by atoms with van der Waals surface area (Å²) >= 11 is 0. The third kappa shape index (κ3) is 2.65. The molecule has 2 heterocycles. The van der Waals surface area contributed by atoms with E-state index in [0.29, 0.717) is 11.7 Å². The second kappa shape index (κ2) is 5.14. The number of benzene rings is 1. The van der Waals surface area contributed by atoms with E-state index in [1.807, 2.05) is 30.3 Å². The summed E-state index contributed by atoms with van der Waals surface area (Å²) < 4.78 is 5.64. The van der Waals surface area contributed by atoms with Crippen LogP contribution in [0.25, 0.3) is 0 Å². The maximum atomic E-state index is 5.64. The Labute approximate surface area is 106 Å². The number of nitrogens with one attached hydrogen (secondary N) is 1. The highest BCUT2D eigenvalue weighted by Crippen LogP contribution is 2.19. The fraction of sp³-hybridized carbons (Fsp3) is 0.286. The predicted octanol–water partition coefficient (Wildman–Crippen LogP) is 2.03. The molecule has 1 aromatic carbocycles. The molecular weight excluding hydrogens is 226 g/mol. The van der Waals surface area contributed by atoms with Gasteiger partial charge in [-0.1, -0.05) is 18.2 Å². The molecule has 1 saturated heterocycles. The van der Waals surface area contributed by atoms with E-state index < -0.39 is 0 Å². The Kier molecular flexibility index (Phi) is 3.19. The smallest absolute Gasteiger partial charge is 0.164 e. The van der Waals surface area contributed by atoms with Gasteiger partial charge in [-0.05, 0) is 31.1 Å². The van der Waals surface area contributed by atoms with E-state index in [1.165, 1.54) is 0 Å². The van der Waals surface area contributed by atoms with Gasteiger partial charge in [-0.15, -0.1) is 0 Å². The van der Waals surface area contributed by atoms with Crippen molar-refractivity contribution >= 4 is 0 Å². The topological polar surface area (TPSA) is 47.0 Å². The summed E-state index contributed by atoms with van der Waals surface area (Å²) in [5, 5.41) is 3.25.